The van der Waals surface area contributed by atoms with Crippen LogP contribution in [0.15, 0.2) is 48.5 Å². The van der Waals surface area contributed by atoms with Crippen molar-refractivity contribution >= 4 is 11.8 Å². The molecule has 2 amide bonds. The molecule has 0 saturated carbocycles. The maximum Gasteiger partial charge on any atom is 0.269 e. The lowest BCUT2D eigenvalue weighted by molar-refractivity contribution is -0.121. The van der Waals surface area contributed by atoms with Crippen molar-refractivity contribution in [1.29, 1.82) is 5.26 Å². The zero-order valence-electron chi connectivity index (χ0n) is 14.1. The fraction of sp³-hybridized carbons (Fsp3) is 0.211. The van der Waals surface area contributed by atoms with Gasteiger partial charge < -0.3 is 0 Å². The van der Waals surface area contributed by atoms with Gasteiger partial charge in [-0.15, -0.1) is 0 Å². The zero-order chi connectivity index (χ0) is 17.9. The van der Waals surface area contributed by atoms with Crippen molar-refractivity contribution in [2.75, 3.05) is 0 Å². The standard InChI is InChI=1S/C17H15N3O2.C2H6/c1-12-3-2-4-14(9-12)10-16(21)19-20-17(22)15-7-5-13(11-18)6-8-15;1-2/h2-9H,10H2,1H3,(H,19,21)(H,20,22);1-2H3. The minimum Gasteiger partial charge on any atom is -0.273 e. The van der Waals surface area contributed by atoms with Crippen LogP contribution < -0.4 is 10.9 Å². The highest BCUT2D eigenvalue weighted by Crippen LogP contribution is 2.05. The Labute approximate surface area is 142 Å². The van der Waals surface area contributed by atoms with Crippen LogP contribution in [0.25, 0.3) is 0 Å². The third-order valence-electron chi connectivity index (χ3n) is 3.04. The number of nitrogens with zero attached hydrogens (tertiary/aromatic N) is 1. The van der Waals surface area contributed by atoms with Gasteiger partial charge in [0.2, 0.25) is 5.91 Å². The first-order chi connectivity index (χ1) is 11.6. The predicted molar refractivity (Wildman–Crippen MR) is 93.0 cm³/mol. The van der Waals surface area contributed by atoms with Crippen molar-refractivity contribution in [2.24, 2.45) is 0 Å². The SMILES string of the molecule is CC.Cc1cccc(CC(=O)NNC(=O)c2ccc(C#N)cc2)c1. The van der Waals surface area contributed by atoms with E-state index in [0.717, 1.165) is 11.1 Å². The van der Waals surface area contributed by atoms with Gasteiger partial charge >= 0.3 is 0 Å². The zero-order valence-corrected chi connectivity index (χ0v) is 14.1. The Hall–Kier alpha value is -3.13. The number of nitriles is 1. The molecule has 2 N–H and O–H groups in total. The van der Waals surface area contributed by atoms with Crippen molar-refractivity contribution < 1.29 is 9.59 Å². The Morgan fingerprint density at radius 1 is 1.04 bits per heavy atom. The van der Waals surface area contributed by atoms with E-state index in [1.54, 1.807) is 12.1 Å². The number of amides is 2. The number of hydrogen-bond acceptors (Lipinski definition) is 3. The highest BCUT2D eigenvalue weighted by atomic mass is 16.2. The summed E-state index contributed by atoms with van der Waals surface area (Å²) in [5.74, 6) is -0.727. The number of rotatable bonds is 3. The smallest absolute Gasteiger partial charge is 0.269 e. The molecule has 5 nitrogen and oxygen atoms in total. The Morgan fingerprint density at radius 2 is 1.71 bits per heavy atom. The number of nitrogens with one attached hydrogen (secondary N) is 2. The molecule has 0 fully saturated rings. The van der Waals surface area contributed by atoms with Gasteiger partial charge in [0.05, 0.1) is 18.1 Å². The van der Waals surface area contributed by atoms with E-state index in [2.05, 4.69) is 10.9 Å². The summed E-state index contributed by atoms with van der Waals surface area (Å²) in [7, 11) is 0. The molecule has 124 valence electrons. The molecule has 0 bridgehead atoms. The summed E-state index contributed by atoms with van der Waals surface area (Å²) >= 11 is 0. The van der Waals surface area contributed by atoms with Crippen LogP contribution in [0.2, 0.25) is 0 Å². The summed E-state index contributed by atoms with van der Waals surface area (Å²) in [6.45, 7) is 5.95. The van der Waals surface area contributed by atoms with Crippen molar-refractivity contribution in [1.82, 2.24) is 10.9 Å². The van der Waals surface area contributed by atoms with Crippen LogP contribution in [0.3, 0.4) is 0 Å². The van der Waals surface area contributed by atoms with Gasteiger partial charge in [0.25, 0.3) is 5.91 Å². The predicted octanol–water partition coefficient (Wildman–Crippen LogP) is 2.90. The molecular weight excluding hydrogens is 302 g/mol. The van der Waals surface area contributed by atoms with Crippen molar-refractivity contribution in [3.63, 3.8) is 0 Å². The Bertz CT molecular complexity index is 731. The summed E-state index contributed by atoms with van der Waals surface area (Å²) < 4.78 is 0. The molecule has 0 atom stereocenters. The third-order valence-corrected chi connectivity index (χ3v) is 3.04. The molecule has 0 saturated heterocycles. The van der Waals surface area contributed by atoms with Crippen molar-refractivity contribution in [3.8, 4) is 6.07 Å². The molecule has 0 aliphatic heterocycles. The van der Waals surface area contributed by atoms with E-state index in [1.165, 1.54) is 12.1 Å². The molecule has 0 aliphatic carbocycles. The lowest BCUT2D eigenvalue weighted by Gasteiger charge is -2.08. The lowest BCUT2D eigenvalue weighted by atomic mass is 10.1. The first kappa shape index (κ1) is 18.9. The maximum atomic E-state index is 11.8. The fourth-order valence-electron chi connectivity index (χ4n) is 1.95. The molecule has 0 spiro atoms. The van der Waals surface area contributed by atoms with Gasteiger partial charge in [0.15, 0.2) is 0 Å². The molecule has 24 heavy (non-hydrogen) atoms. The summed E-state index contributed by atoms with van der Waals surface area (Å²) in [6, 6.07) is 15.7. The molecule has 2 rings (SSSR count). The number of hydrazine groups is 1. The third kappa shape index (κ3) is 5.93. The van der Waals surface area contributed by atoms with Crippen LogP contribution in [-0.2, 0) is 11.2 Å². The van der Waals surface area contributed by atoms with Crippen LogP contribution >= 0.6 is 0 Å². The molecule has 0 radical (unpaired) electrons. The van der Waals surface area contributed by atoms with Gasteiger partial charge in [-0.2, -0.15) is 5.26 Å². The van der Waals surface area contributed by atoms with Gasteiger partial charge in [-0.25, -0.2) is 0 Å². The molecule has 2 aromatic rings. The van der Waals surface area contributed by atoms with Crippen LogP contribution in [0.5, 0.6) is 0 Å². The summed E-state index contributed by atoms with van der Waals surface area (Å²) in [4.78, 5) is 23.6. The van der Waals surface area contributed by atoms with Gasteiger partial charge in [-0.1, -0.05) is 43.7 Å². The average molecular weight is 323 g/mol. The monoisotopic (exact) mass is 323 g/mol. The molecular formula is C19H21N3O2. The van der Waals surface area contributed by atoms with Crippen LogP contribution in [-0.4, -0.2) is 11.8 Å². The Balaban J connectivity index is 0.00000139. The maximum absolute atomic E-state index is 11.8. The number of hydrogen-bond donors (Lipinski definition) is 2. The van der Waals surface area contributed by atoms with Crippen molar-refractivity contribution in [3.05, 3.63) is 70.8 Å². The van der Waals surface area contributed by atoms with Gasteiger partial charge in [0, 0.05) is 5.56 Å². The minimum atomic E-state index is -0.429. The topological polar surface area (TPSA) is 82.0 Å². The van der Waals surface area contributed by atoms with Crippen LogP contribution in [0.4, 0.5) is 0 Å². The second-order valence-corrected chi connectivity index (χ2v) is 4.86. The summed E-state index contributed by atoms with van der Waals surface area (Å²) in [6.07, 6.45) is 0.190. The highest BCUT2D eigenvalue weighted by Gasteiger charge is 2.08. The average Bonchev–Trinajstić information content (AvgIpc) is 2.61. The van der Waals surface area contributed by atoms with E-state index in [4.69, 9.17) is 5.26 Å². The highest BCUT2D eigenvalue weighted by molar-refractivity contribution is 5.95. The molecule has 0 heterocycles. The second-order valence-electron chi connectivity index (χ2n) is 4.86. The first-order valence-electron chi connectivity index (χ1n) is 7.73. The quantitative estimate of drug-likeness (QED) is 0.852. The van der Waals surface area contributed by atoms with E-state index >= 15 is 0 Å². The number of benzene rings is 2. The van der Waals surface area contributed by atoms with Gasteiger partial charge in [-0.05, 0) is 36.8 Å². The van der Waals surface area contributed by atoms with Crippen molar-refractivity contribution in [2.45, 2.75) is 27.2 Å². The van der Waals surface area contributed by atoms with E-state index in [1.807, 2.05) is 51.1 Å². The van der Waals surface area contributed by atoms with E-state index in [0.29, 0.717) is 11.1 Å². The van der Waals surface area contributed by atoms with Crippen LogP contribution in [0.1, 0.15) is 40.9 Å². The fourth-order valence-corrected chi connectivity index (χ4v) is 1.95. The number of carbonyl (C=O) groups excluding carboxylic acids is 2. The number of aryl methyl sites for hydroxylation is 1. The minimum absolute atomic E-state index is 0.190. The van der Waals surface area contributed by atoms with Gasteiger partial charge in [0.1, 0.15) is 0 Å². The summed E-state index contributed by atoms with van der Waals surface area (Å²) in [5.41, 5.74) is 7.52. The molecule has 0 aromatic heterocycles. The Kier molecular flexibility index (Phi) is 7.72. The molecule has 0 aliphatic rings. The van der Waals surface area contributed by atoms with Gasteiger partial charge in [-0.3, -0.25) is 20.4 Å². The second kappa shape index (κ2) is 9.80. The first-order valence-corrected chi connectivity index (χ1v) is 7.73. The van der Waals surface area contributed by atoms with E-state index < -0.39 is 5.91 Å². The Morgan fingerprint density at radius 3 is 2.29 bits per heavy atom. The molecule has 5 heteroatoms. The molecule has 2 aromatic carbocycles. The van der Waals surface area contributed by atoms with Crippen LogP contribution in [0, 0.1) is 18.3 Å². The summed E-state index contributed by atoms with van der Waals surface area (Å²) in [5, 5.41) is 8.70. The van der Waals surface area contributed by atoms with E-state index in [-0.39, 0.29) is 12.3 Å². The normalized spacial score (nSPS) is 9.08. The number of carbonyl (C=O) groups is 2. The largest absolute Gasteiger partial charge is 0.273 e. The lowest BCUT2D eigenvalue weighted by Crippen LogP contribution is -2.42. The molecule has 0 unspecified atom stereocenters. The van der Waals surface area contributed by atoms with E-state index in [9.17, 15) is 9.59 Å².